The van der Waals surface area contributed by atoms with Crippen LogP contribution >= 0.6 is 0 Å². The highest BCUT2D eigenvalue weighted by atomic mass is 16.7. The summed E-state index contributed by atoms with van der Waals surface area (Å²) in [7, 11) is 6.89. The number of likely N-dealkylation sites (tertiary alicyclic amines) is 1. The molecule has 5 amide bonds. The molecular weight excluding hydrogens is 825 g/mol. The Bertz CT molecular complexity index is 1610. The third kappa shape index (κ3) is 15.5. The van der Waals surface area contributed by atoms with Crippen LogP contribution in [0.3, 0.4) is 0 Å². The molecule has 0 aliphatic carbocycles. The summed E-state index contributed by atoms with van der Waals surface area (Å²) in [5.41, 5.74) is 0.915. The molecule has 65 heavy (non-hydrogen) atoms. The standard InChI is InChI=1S/C51H88N6O8/c1-14-16-17-18-22-29-54(10)45(35(5)6)49(60)52-43(34(3)4)50(61)55(11)46(36(7)15-2)41(63-12)33-42(58)56-30-25-28-40(56)47(64-13)38(9)48(59)53-44(37(8)39-26-20-19-21-27-39)51(62)57-31-23-24-32-65-57/h19-21,26-27,34-38,40-41,43-47H,14-18,22-25,28-33H2,1-13H3,(H,52,60)(H,53,59)/t36-,37-,38+,40-,41+,43-,44-,45-,46-,47+/m0/s1. The molecule has 2 saturated heterocycles. The number of hydrogen-bond acceptors (Lipinski definition) is 9. The predicted octanol–water partition coefficient (Wildman–Crippen LogP) is 6.82. The minimum Gasteiger partial charge on any atom is -0.379 e. The Hall–Kier alpha value is -3.59. The van der Waals surface area contributed by atoms with E-state index in [0.717, 1.165) is 50.6 Å². The summed E-state index contributed by atoms with van der Waals surface area (Å²) in [4.78, 5) is 82.7. The minimum atomic E-state index is -0.879. The molecule has 370 valence electrons. The van der Waals surface area contributed by atoms with Crippen LogP contribution in [0.25, 0.3) is 0 Å². The van der Waals surface area contributed by atoms with Gasteiger partial charge in [-0.1, -0.05) is 125 Å². The van der Waals surface area contributed by atoms with E-state index >= 15 is 0 Å². The highest BCUT2D eigenvalue weighted by Crippen LogP contribution is 2.31. The zero-order valence-corrected chi connectivity index (χ0v) is 42.5. The lowest BCUT2D eigenvalue weighted by Crippen LogP contribution is -2.60. The fraction of sp³-hybridized carbons (Fsp3) is 0.784. The molecule has 1 aromatic rings. The van der Waals surface area contributed by atoms with E-state index in [0.29, 0.717) is 26.1 Å². The number of likely N-dealkylation sites (N-methyl/N-ethyl adjacent to an activating group) is 2. The van der Waals surface area contributed by atoms with Crippen molar-refractivity contribution < 1.29 is 38.3 Å². The second-order valence-corrected chi connectivity index (χ2v) is 19.6. The monoisotopic (exact) mass is 913 g/mol. The van der Waals surface area contributed by atoms with Crippen LogP contribution in [0.15, 0.2) is 30.3 Å². The highest BCUT2D eigenvalue weighted by Gasteiger charge is 2.44. The zero-order valence-electron chi connectivity index (χ0n) is 42.5. The molecule has 2 fully saturated rings. The van der Waals surface area contributed by atoms with Gasteiger partial charge in [0.2, 0.25) is 23.6 Å². The Morgan fingerprint density at radius 2 is 1.46 bits per heavy atom. The highest BCUT2D eigenvalue weighted by molar-refractivity contribution is 5.91. The molecule has 0 saturated carbocycles. The molecule has 14 heteroatoms. The number of hydrogen-bond donors (Lipinski definition) is 2. The molecule has 0 bridgehead atoms. The molecule has 0 radical (unpaired) electrons. The van der Waals surface area contributed by atoms with E-state index in [9.17, 15) is 24.0 Å². The molecule has 2 aliphatic rings. The topological polar surface area (TPSA) is 150 Å². The number of amides is 5. The van der Waals surface area contributed by atoms with Gasteiger partial charge in [-0.3, -0.25) is 33.7 Å². The Morgan fingerprint density at radius 1 is 0.800 bits per heavy atom. The molecule has 0 aromatic heterocycles. The molecule has 2 heterocycles. The SMILES string of the molecule is CCCCCCCN(C)[C@H](C(=O)N[C@H](C(=O)N(C)[C@@H]([C@@H](C)CC)[C@@H](CC(=O)N1CCC[C@H]1[C@H](OC)[C@@H](C)C(=O)N[C@H](C(=O)N1CCCCO1)[C@@H](C)c1ccccc1)OC)C(C)C)C(C)C. The van der Waals surface area contributed by atoms with Crippen molar-refractivity contribution in [2.75, 3.05) is 54.6 Å². The van der Waals surface area contributed by atoms with Crippen LogP contribution in [-0.4, -0.2) is 146 Å². The average molecular weight is 913 g/mol. The maximum absolute atomic E-state index is 14.6. The van der Waals surface area contributed by atoms with E-state index in [-0.39, 0.29) is 65.7 Å². The van der Waals surface area contributed by atoms with Crippen molar-refractivity contribution >= 4 is 29.5 Å². The largest absolute Gasteiger partial charge is 0.379 e. The first kappa shape index (κ1) is 55.7. The number of carbonyl (C=O) groups excluding carboxylic acids is 5. The maximum Gasteiger partial charge on any atom is 0.269 e. The van der Waals surface area contributed by atoms with Crippen molar-refractivity contribution in [2.45, 2.75) is 181 Å². The van der Waals surface area contributed by atoms with Gasteiger partial charge in [-0.05, 0) is 69.0 Å². The fourth-order valence-corrected chi connectivity index (χ4v) is 9.95. The van der Waals surface area contributed by atoms with Crippen LogP contribution < -0.4 is 10.6 Å². The van der Waals surface area contributed by atoms with Crippen molar-refractivity contribution in [3.05, 3.63) is 35.9 Å². The number of nitrogens with one attached hydrogen (secondary N) is 2. The van der Waals surface area contributed by atoms with Crippen molar-refractivity contribution in [3.63, 3.8) is 0 Å². The lowest BCUT2D eigenvalue weighted by molar-refractivity contribution is -0.200. The van der Waals surface area contributed by atoms with Crippen molar-refractivity contribution in [1.29, 1.82) is 0 Å². The summed E-state index contributed by atoms with van der Waals surface area (Å²) in [6.07, 6.45) is 8.20. The molecule has 0 spiro atoms. The number of benzene rings is 1. The number of rotatable bonds is 27. The molecule has 10 atom stereocenters. The van der Waals surface area contributed by atoms with Crippen LogP contribution in [0.1, 0.15) is 144 Å². The summed E-state index contributed by atoms with van der Waals surface area (Å²) in [6.45, 7) is 20.2. The van der Waals surface area contributed by atoms with Crippen LogP contribution in [-0.2, 0) is 38.3 Å². The lowest BCUT2D eigenvalue weighted by atomic mass is 9.89. The quantitative estimate of drug-likeness (QED) is 0.0908. The molecule has 2 N–H and O–H groups in total. The van der Waals surface area contributed by atoms with Gasteiger partial charge in [-0.25, -0.2) is 5.06 Å². The summed E-state index contributed by atoms with van der Waals surface area (Å²) < 4.78 is 12.2. The van der Waals surface area contributed by atoms with Crippen molar-refractivity contribution in [1.82, 2.24) is 30.4 Å². The van der Waals surface area contributed by atoms with Gasteiger partial charge in [0.25, 0.3) is 5.91 Å². The molecule has 1 aromatic carbocycles. The van der Waals surface area contributed by atoms with Gasteiger partial charge in [0, 0.05) is 40.3 Å². The van der Waals surface area contributed by atoms with Gasteiger partial charge in [-0.2, -0.15) is 0 Å². The number of nitrogens with zero attached hydrogens (tertiary/aromatic N) is 4. The first-order chi connectivity index (χ1) is 30.9. The number of carbonyl (C=O) groups is 5. The first-order valence-electron chi connectivity index (χ1n) is 24.9. The fourth-order valence-electron chi connectivity index (χ4n) is 9.95. The van der Waals surface area contributed by atoms with Crippen LogP contribution in [0.5, 0.6) is 0 Å². The van der Waals surface area contributed by atoms with Gasteiger partial charge in [0.05, 0.1) is 49.3 Å². The summed E-state index contributed by atoms with van der Waals surface area (Å²) >= 11 is 0. The van der Waals surface area contributed by atoms with Gasteiger partial charge < -0.3 is 29.9 Å². The van der Waals surface area contributed by atoms with Crippen LogP contribution in [0, 0.1) is 23.7 Å². The summed E-state index contributed by atoms with van der Waals surface area (Å²) in [5.74, 6) is -2.41. The Balaban J connectivity index is 1.80. The number of ether oxygens (including phenoxy) is 2. The Morgan fingerprint density at radius 3 is 2.03 bits per heavy atom. The third-order valence-electron chi connectivity index (χ3n) is 14.1. The van der Waals surface area contributed by atoms with E-state index in [1.165, 1.54) is 24.3 Å². The maximum atomic E-state index is 14.6. The molecule has 3 rings (SSSR count). The smallest absolute Gasteiger partial charge is 0.269 e. The van der Waals surface area contributed by atoms with E-state index in [1.807, 2.05) is 72.0 Å². The second-order valence-electron chi connectivity index (χ2n) is 19.6. The van der Waals surface area contributed by atoms with Gasteiger partial charge in [0.1, 0.15) is 12.1 Å². The Kier molecular flexibility index (Phi) is 23.9. The average Bonchev–Trinajstić information content (AvgIpc) is 3.79. The second kappa shape index (κ2) is 27.9. The summed E-state index contributed by atoms with van der Waals surface area (Å²) in [6, 6.07) is 6.73. The van der Waals surface area contributed by atoms with Crippen LogP contribution in [0.2, 0.25) is 0 Å². The van der Waals surface area contributed by atoms with E-state index in [4.69, 9.17) is 14.3 Å². The molecule has 14 nitrogen and oxygen atoms in total. The number of methoxy groups -OCH3 is 2. The zero-order chi connectivity index (χ0) is 48.4. The molecular formula is C51H88N6O8. The van der Waals surface area contributed by atoms with Crippen molar-refractivity contribution in [3.8, 4) is 0 Å². The van der Waals surface area contributed by atoms with Crippen molar-refractivity contribution in [2.24, 2.45) is 23.7 Å². The first-order valence-corrected chi connectivity index (χ1v) is 24.9. The van der Waals surface area contributed by atoms with Gasteiger partial charge in [0.15, 0.2) is 0 Å². The normalized spacial score (nSPS) is 19.8. The number of unbranched alkanes of at least 4 members (excludes halogenated alkanes) is 4. The van der Waals surface area contributed by atoms with Gasteiger partial charge in [-0.15, -0.1) is 0 Å². The van der Waals surface area contributed by atoms with E-state index < -0.39 is 42.3 Å². The predicted molar refractivity (Wildman–Crippen MR) is 257 cm³/mol. The lowest BCUT2D eigenvalue weighted by Gasteiger charge is -2.41. The Labute approximate surface area is 392 Å². The van der Waals surface area contributed by atoms with E-state index in [2.05, 4.69) is 36.3 Å². The molecule has 2 aliphatic heterocycles. The minimum absolute atomic E-state index is 0.00875. The summed E-state index contributed by atoms with van der Waals surface area (Å²) in [5, 5.41) is 7.61. The number of hydroxylamine groups is 2. The third-order valence-corrected chi connectivity index (χ3v) is 14.1. The molecule has 0 unspecified atom stereocenters. The van der Waals surface area contributed by atoms with Gasteiger partial charge >= 0.3 is 0 Å². The van der Waals surface area contributed by atoms with Crippen LogP contribution in [0.4, 0.5) is 0 Å². The van der Waals surface area contributed by atoms with E-state index in [1.54, 1.807) is 38.0 Å².